The van der Waals surface area contributed by atoms with Gasteiger partial charge in [-0.05, 0) is 42.5 Å². The second-order valence-corrected chi connectivity index (χ2v) is 6.40. The molecule has 1 amide bonds. The predicted molar refractivity (Wildman–Crippen MR) is 96.1 cm³/mol. The van der Waals surface area contributed by atoms with E-state index in [4.69, 9.17) is 26.5 Å². The lowest BCUT2D eigenvalue weighted by Crippen LogP contribution is -2.13. The Bertz CT molecular complexity index is 943. The molecule has 0 aliphatic heterocycles. The largest absolute Gasteiger partial charge is 0.426 e. The molecule has 1 heterocycles. The molecule has 0 saturated heterocycles. The first-order valence-corrected chi connectivity index (χ1v) is 8.70. The van der Waals surface area contributed by atoms with Crippen molar-refractivity contribution in [2.75, 3.05) is 5.75 Å². The summed E-state index contributed by atoms with van der Waals surface area (Å²) >= 11 is 6.88. The number of aromatic nitrogens is 2. The van der Waals surface area contributed by atoms with Gasteiger partial charge in [-0.1, -0.05) is 29.4 Å². The van der Waals surface area contributed by atoms with Crippen LogP contribution in [0.1, 0.15) is 10.4 Å². The molecule has 9 heteroatoms. The van der Waals surface area contributed by atoms with Gasteiger partial charge in [0.1, 0.15) is 11.5 Å². The van der Waals surface area contributed by atoms with Gasteiger partial charge in [0, 0.05) is 16.1 Å². The number of ether oxygens (including phenoxy) is 1. The van der Waals surface area contributed by atoms with E-state index in [1.165, 1.54) is 12.1 Å². The number of carbonyl (C=O) groups is 2. The van der Waals surface area contributed by atoms with Gasteiger partial charge in [-0.2, -0.15) is 0 Å². The predicted octanol–water partition coefficient (Wildman–Crippen LogP) is 3.19. The highest BCUT2D eigenvalue weighted by atomic mass is 35.5. The molecule has 0 bridgehead atoms. The van der Waals surface area contributed by atoms with Gasteiger partial charge in [-0.15, -0.1) is 10.2 Å². The second kappa shape index (κ2) is 8.03. The van der Waals surface area contributed by atoms with Crippen molar-refractivity contribution >= 4 is 35.2 Å². The standard InChI is InChI=1S/C17H12ClN3O4S/c18-12-6-4-10(5-7-12)16-20-21-17(25-16)26-9-14(22)24-13-3-1-2-11(8-13)15(19)23/h1-8H,9H2,(H2,19,23). The third kappa shape index (κ3) is 4.62. The number of thioether (sulfide) groups is 1. The Balaban J connectivity index is 1.57. The van der Waals surface area contributed by atoms with E-state index in [9.17, 15) is 9.59 Å². The molecule has 0 aliphatic carbocycles. The first-order valence-electron chi connectivity index (χ1n) is 7.34. The number of nitrogens with zero attached hydrogens (tertiary/aromatic N) is 2. The Hall–Kier alpha value is -2.84. The molecule has 0 saturated carbocycles. The van der Waals surface area contributed by atoms with Crippen molar-refractivity contribution in [3.63, 3.8) is 0 Å². The Morgan fingerprint density at radius 3 is 2.65 bits per heavy atom. The highest BCUT2D eigenvalue weighted by molar-refractivity contribution is 7.99. The molecule has 2 N–H and O–H groups in total. The van der Waals surface area contributed by atoms with Crippen LogP contribution in [0.25, 0.3) is 11.5 Å². The summed E-state index contributed by atoms with van der Waals surface area (Å²) in [6, 6.07) is 13.0. The van der Waals surface area contributed by atoms with Gasteiger partial charge in [0.05, 0.1) is 0 Å². The van der Waals surface area contributed by atoms with Crippen LogP contribution in [0.3, 0.4) is 0 Å². The third-order valence-electron chi connectivity index (χ3n) is 3.16. The van der Waals surface area contributed by atoms with Crippen LogP contribution in [0.4, 0.5) is 0 Å². The maximum atomic E-state index is 11.9. The van der Waals surface area contributed by atoms with E-state index >= 15 is 0 Å². The molecule has 0 spiro atoms. The molecule has 1 aromatic heterocycles. The zero-order chi connectivity index (χ0) is 18.5. The molecule has 0 unspecified atom stereocenters. The van der Waals surface area contributed by atoms with Gasteiger partial charge < -0.3 is 14.9 Å². The van der Waals surface area contributed by atoms with Gasteiger partial charge >= 0.3 is 5.97 Å². The average molecular weight is 390 g/mol. The number of rotatable bonds is 6. The van der Waals surface area contributed by atoms with E-state index in [0.717, 1.165) is 17.3 Å². The number of benzene rings is 2. The molecular formula is C17H12ClN3O4S. The number of hydrogen-bond donors (Lipinski definition) is 1. The van der Waals surface area contributed by atoms with Crippen molar-refractivity contribution in [1.29, 1.82) is 0 Å². The van der Waals surface area contributed by atoms with Crippen LogP contribution in [0, 0.1) is 0 Å². The lowest BCUT2D eigenvalue weighted by atomic mass is 10.2. The Morgan fingerprint density at radius 2 is 1.92 bits per heavy atom. The number of carbonyl (C=O) groups excluding carboxylic acids is 2. The fraction of sp³-hybridized carbons (Fsp3) is 0.0588. The first kappa shape index (κ1) is 18.0. The third-order valence-corrected chi connectivity index (χ3v) is 4.21. The molecule has 3 aromatic rings. The number of amides is 1. The average Bonchev–Trinajstić information content (AvgIpc) is 3.10. The van der Waals surface area contributed by atoms with Crippen molar-refractivity contribution in [2.45, 2.75) is 5.22 Å². The van der Waals surface area contributed by atoms with Crippen molar-refractivity contribution in [3.05, 3.63) is 59.1 Å². The summed E-state index contributed by atoms with van der Waals surface area (Å²) in [5.41, 5.74) is 6.17. The van der Waals surface area contributed by atoms with Crippen molar-refractivity contribution in [3.8, 4) is 17.2 Å². The summed E-state index contributed by atoms with van der Waals surface area (Å²) in [6.45, 7) is 0. The SMILES string of the molecule is NC(=O)c1cccc(OC(=O)CSc2nnc(-c3ccc(Cl)cc3)o2)c1. The summed E-state index contributed by atoms with van der Waals surface area (Å²) in [6.07, 6.45) is 0. The number of primary amides is 1. The van der Waals surface area contributed by atoms with Crippen LogP contribution < -0.4 is 10.5 Å². The highest BCUT2D eigenvalue weighted by Crippen LogP contribution is 2.24. The zero-order valence-electron chi connectivity index (χ0n) is 13.2. The van der Waals surface area contributed by atoms with E-state index in [1.807, 2.05) is 0 Å². The number of halogens is 1. The number of nitrogens with two attached hydrogens (primary N) is 1. The van der Waals surface area contributed by atoms with E-state index in [2.05, 4.69) is 10.2 Å². The highest BCUT2D eigenvalue weighted by Gasteiger charge is 2.13. The topological polar surface area (TPSA) is 108 Å². The quantitative estimate of drug-likeness (QED) is 0.391. The summed E-state index contributed by atoms with van der Waals surface area (Å²) in [5.74, 6) is -0.602. The Morgan fingerprint density at radius 1 is 1.15 bits per heavy atom. The number of hydrogen-bond acceptors (Lipinski definition) is 7. The lowest BCUT2D eigenvalue weighted by Gasteiger charge is -2.04. The molecule has 3 rings (SSSR count). The van der Waals surface area contributed by atoms with Gasteiger partial charge in [-0.25, -0.2) is 0 Å². The zero-order valence-corrected chi connectivity index (χ0v) is 14.8. The molecule has 0 fully saturated rings. The van der Waals surface area contributed by atoms with E-state index in [1.54, 1.807) is 36.4 Å². The molecule has 0 aliphatic rings. The van der Waals surface area contributed by atoms with Gasteiger partial charge in [-0.3, -0.25) is 9.59 Å². The minimum atomic E-state index is -0.599. The maximum absolute atomic E-state index is 11.9. The normalized spacial score (nSPS) is 10.5. The molecule has 26 heavy (non-hydrogen) atoms. The molecular weight excluding hydrogens is 378 g/mol. The van der Waals surface area contributed by atoms with Gasteiger partial charge in [0.2, 0.25) is 11.8 Å². The Labute approximate surface area is 157 Å². The van der Waals surface area contributed by atoms with Crippen molar-refractivity contribution < 1.29 is 18.7 Å². The molecule has 7 nitrogen and oxygen atoms in total. The van der Waals surface area contributed by atoms with Crippen molar-refractivity contribution in [2.24, 2.45) is 5.73 Å². The lowest BCUT2D eigenvalue weighted by molar-refractivity contribution is -0.131. The van der Waals surface area contributed by atoms with E-state index < -0.39 is 11.9 Å². The van der Waals surface area contributed by atoms with Crippen LogP contribution in [0.5, 0.6) is 5.75 Å². The van der Waals surface area contributed by atoms with E-state index in [0.29, 0.717) is 10.9 Å². The molecule has 0 atom stereocenters. The minimum absolute atomic E-state index is 0.0386. The van der Waals surface area contributed by atoms with Crippen LogP contribution in [0.2, 0.25) is 5.02 Å². The van der Waals surface area contributed by atoms with Gasteiger partial charge in [0.15, 0.2) is 0 Å². The van der Waals surface area contributed by atoms with Crippen molar-refractivity contribution in [1.82, 2.24) is 10.2 Å². The second-order valence-electron chi connectivity index (χ2n) is 5.03. The van der Waals surface area contributed by atoms with Crippen LogP contribution in [0.15, 0.2) is 58.2 Å². The first-order chi connectivity index (χ1) is 12.5. The molecule has 132 valence electrons. The smallest absolute Gasteiger partial charge is 0.321 e. The molecule has 0 radical (unpaired) electrons. The van der Waals surface area contributed by atoms with Crippen LogP contribution >= 0.6 is 23.4 Å². The minimum Gasteiger partial charge on any atom is -0.426 e. The Kier molecular flexibility index (Phi) is 5.55. The maximum Gasteiger partial charge on any atom is 0.321 e. The summed E-state index contributed by atoms with van der Waals surface area (Å²) in [7, 11) is 0. The summed E-state index contributed by atoms with van der Waals surface area (Å²) in [4.78, 5) is 23.0. The molecule has 2 aromatic carbocycles. The van der Waals surface area contributed by atoms with E-state index in [-0.39, 0.29) is 22.3 Å². The summed E-state index contributed by atoms with van der Waals surface area (Å²) < 4.78 is 10.6. The fourth-order valence-electron chi connectivity index (χ4n) is 1.97. The summed E-state index contributed by atoms with van der Waals surface area (Å²) in [5, 5.41) is 8.64. The van der Waals surface area contributed by atoms with Crippen LogP contribution in [-0.2, 0) is 4.79 Å². The fourth-order valence-corrected chi connectivity index (χ4v) is 2.63. The number of esters is 1. The van der Waals surface area contributed by atoms with Crippen LogP contribution in [-0.4, -0.2) is 27.8 Å². The monoisotopic (exact) mass is 389 g/mol. The van der Waals surface area contributed by atoms with Gasteiger partial charge in [0.25, 0.3) is 5.22 Å².